The van der Waals surface area contributed by atoms with E-state index < -0.39 is 0 Å². The number of pyridine rings is 1. The smallest absolute Gasteiger partial charge is 0.270 e. The number of aromatic amines is 1. The van der Waals surface area contributed by atoms with Crippen molar-refractivity contribution in [3.63, 3.8) is 0 Å². The topological polar surface area (TPSA) is 71.6 Å². The lowest BCUT2D eigenvalue weighted by Crippen LogP contribution is -2.38. The second-order valence-corrected chi connectivity index (χ2v) is 6.44. The molecular weight excluding hydrogens is 344 g/mol. The van der Waals surface area contributed by atoms with Crippen LogP contribution in [0.1, 0.15) is 28.9 Å². The van der Waals surface area contributed by atoms with E-state index in [0.29, 0.717) is 13.1 Å². The van der Waals surface area contributed by atoms with Crippen LogP contribution in [0.4, 0.5) is 0 Å². The average Bonchev–Trinajstić information content (AvgIpc) is 3.20. The maximum Gasteiger partial charge on any atom is 0.270 e. The van der Waals surface area contributed by atoms with Gasteiger partial charge in [-0.2, -0.15) is 0 Å². The highest BCUT2D eigenvalue weighted by atomic mass is 16.5. The monoisotopic (exact) mass is 368 g/mol. The summed E-state index contributed by atoms with van der Waals surface area (Å²) in [7, 11) is 1.42. The summed E-state index contributed by atoms with van der Waals surface area (Å²) >= 11 is 0. The number of hydrogen-bond donors (Lipinski definition) is 1. The van der Waals surface area contributed by atoms with Gasteiger partial charge in [-0.1, -0.05) is 42.5 Å². The molecule has 2 aromatic rings. The minimum Gasteiger partial charge on any atom is -0.491 e. The Labute approximate surface area is 158 Å². The molecule has 1 atom stereocenters. The lowest BCUT2D eigenvalue weighted by molar-refractivity contribution is 0.0549. The molecule has 0 aliphatic carbocycles. The van der Waals surface area contributed by atoms with Gasteiger partial charge in [0.1, 0.15) is 5.69 Å². The van der Waals surface area contributed by atoms with E-state index in [4.69, 9.17) is 9.47 Å². The molecule has 3 rings (SSSR count). The third-order valence-corrected chi connectivity index (χ3v) is 4.50. The van der Waals surface area contributed by atoms with Gasteiger partial charge >= 0.3 is 0 Å². The van der Waals surface area contributed by atoms with Crippen LogP contribution in [-0.2, 0) is 4.74 Å². The van der Waals surface area contributed by atoms with Gasteiger partial charge in [-0.05, 0) is 18.4 Å². The number of amides is 1. The molecular formula is C21H24N2O4. The van der Waals surface area contributed by atoms with E-state index in [0.717, 1.165) is 25.0 Å². The molecule has 1 aliphatic rings. The largest absolute Gasteiger partial charge is 0.491 e. The van der Waals surface area contributed by atoms with E-state index >= 15 is 0 Å². The van der Waals surface area contributed by atoms with Gasteiger partial charge < -0.3 is 19.4 Å². The minimum absolute atomic E-state index is 0.0315. The molecule has 1 amide bonds. The van der Waals surface area contributed by atoms with Gasteiger partial charge in [-0.25, -0.2) is 0 Å². The van der Waals surface area contributed by atoms with Crippen molar-refractivity contribution >= 4 is 12.0 Å². The molecule has 1 saturated heterocycles. The van der Waals surface area contributed by atoms with Crippen molar-refractivity contribution in [1.82, 2.24) is 9.88 Å². The zero-order valence-electron chi connectivity index (χ0n) is 15.4. The number of ether oxygens (including phenoxy) is 2. The lowest BCUT2D eigenvalue weighted by atomic mass is 10.2. The molecule has 1 N–H and O–H groups in total. The van der Waals surface area contributed by atoms with Gasteiger partial charge in [0, 0.05) is 32.0 Å². The number of carbonyl (C=O) groups is 1. The van der Waals surface area contributed by atoms with Crippen LogP contribution in [0.5, 0.6) is 5.75 Å². The summed E-state index contributed by atoms with van der Waals surface area (Å²) in [6, 6.07) is 11.2. The number of methoxy groups -OCH3 is 1. The van der Waals surface area contributed by atoms with Crippen LogP contribution >= 0.6 is 0 Å². The number of nitrogens with one attached hydrogen (secondary N) is 1. The number of H-pyrrole nitrogens is 1. The van der Waals surface area contributed by atoms with Crippen LogP contribution in [0.15, 0.2) is 53.5 Å². The average molecular weight is 368 g/mol. The molecule has 0 unspecified atom stereocenters. The quantitative estimate of drug-likeness (QED) is 0.816. The SMILES string of the molecule is COc1c[nH]c(C(=O)N(C/C=C/c2ccccc2)C[C@@H]2CCCO2)cc1=O. The first-order valence-corrected chi connectivity index (χ1v) is 9.06. The van der Waals surface area contributed by atoms with E-state index in [1.54, 1.807) is 4.90 Å². The zero-order chi connectivity index (χ0) is 19.1. The van der Waals surface area contributed by atoms with Crippen LogP contribution in [0.25, 0.3) is 6.08 Å². The van der Waals surface area contributed by atoms with Gasteiger partial charge in [0.15, 0.2) is 5.75 Å². The Hall–Kier alpha value is -2.86. The molecule has 0 spiro atoms. The highest BCUT2D eigenvalue weighted by molar-refractivity contribution is 5.92. The normalized spacial score (nSPS) is 16.6. The number of benzene rings is 1. The molecule has 1 aromatic carbocycles. The van der Waals surface area contributed by atoms with E-state index in [2.05, 4.69) is 4.98 Å². The van der Waals surface area contributed by atoms with Crippen LogP contribution in [0.3, 0.4) is 0 Å². The van der Waals surface area contributed by atoms with Gasteiger partial charge in [0.25, 0.3) is 5.91 Å². The number of nitrogens with zero attached hydrogens (tertiary/aromatic N) is 1. The van der Waals surface area contributed by atoms with E-state index in [-0.39, 0.29) is 28.9 Å². The fourth-order valence-corrected chi connectivity index (χ4v) is 3.07. The Morgan fingerprint density at radius 1 is 1.37 bits per heavy atom. The second-order valence-electron chi connectivity index (χ2n) is 6.44. The van der Waals surface area contributed by atoms with Crippen LogP contribution in [0, 0.1) is 0 Å². The maximum atomic E-state index is 13.0. The molecule has 27 heavy (non-hydrogen) atoms. The Morgan fingerprint density at radius 3 is 2.85 bits per heavy atom. The zero-order valence-corrected chi connectivity index (χ0v) is 15.4. The highest BCUT2D eigenvalue weighted by Crippen LogP contribution is 2.15. The summed E-state index contributed by atoms with van der Waals surface area (Å²) in [5, 5.41) is 0. The van der Waals surface area contributed by atoms with Crippen LogP contribution in [0.2, 0.25) is 0 Å². The minimum atomic E-state index is -0.323. The molecule has 6 heteroatoms. The fraction of sp³-hybridized carbons (Fsp3) is 0.333. The standard InChI is InChI=1S/C21H24N2O4/c1-26-20-14-22-18(13-19(20)24)21(25)23(15-17-10-6-12-27-17)11-5-9-16-7-3-2-4-8-16/h2-5,7-9,13-14,17H,6,10-12,15H2,1H3,(H,22,24)/b9-5+/t17-/m0/s1. The third-order valence-electron chi connectivity index (χ3n) is 4.50. The van der Waals surface area contributed by atoms with E-state index in [9.17, 15) is 9.59 Å². The van der Waals surface area contributed by atoms with Crippen LogP contribution < -0.4 is 10.2 Å². The first kappa shape index (κ1) is 18.9. The summed E-state index contributed by atoms with van der Waals surface area (Å²) in [5.74, 6) is -0.0517. The molecule has 6 nitrogen and oxygen atoms in total. The molecule has 1 aliphatic heterocycles. The van der Waals surface area contributed by atoms with E-state index in [1.165, 1.54) is 19.4 Å². The summed E-state index contributed by atoms with van der Waals surface area (Å²) in [6.45, 7) is 1.65. The van der Waals surface area contributed by atoms with Crippen molar-refractivity contribution < 1.29 is 14.3 Å². The Morgan fingerprint density at radius 2 is 2.19 bits per heavy atom. The molecule has 142 valence electrons. The maximum absolute atomic E-state index is 13.0. The fourth-order valence-electron chi connectivity index (χ4n) is 3.07. The first-order chi connectivity index (χ1) is 13.2. The Balaban J connectivity index is 1.75. The van der Waals surface area contributed by atoms with E-state index in [1.807, 2.05) is 42.5 Å². The molecule has 0 bridgehead atoms. The number of hydrogen-bond acceptors (Lipinski definition) is 4. The molecule has 1 aromatic heterocycles. The van der Waals surface area contributed by atoms with Crippen molar-refractivity contribution in [2.24, 2.45) is 0 Å². The van der Waals surface area contributed by atoms with Crippen molar-refractivity contribution in [1.29, 1.82) is 0 Å². The van der Waals surface area contributed by atoms with Gasteiger partial charge in [-0.3, -0.25) is 9.59 Å². The Kier molecular flexibility index (Phi) is 6.44. The van der Waals surface area contributed by atoms with Crippen molar-refractivity contribution in [2.75, 3.05) is 26.8 Å². The lowest BCUT2D eigenvalue weighted by Gasteiger charge is -2.24. The first-order valence-electron chi connectivity index (χ1n) is 9.06. The van der Waals surface area contributed by atoms with Crippen molar-refractivity contribution in [2.45, 2.75) is 18.9 Å². The van der Waals surface area contributed by atoms with Crippen molar-refractivity contribution in [3.8, 4) is 5.75 Å². The molecule has 0 radical (unpaired) electrons. The van der Waals surface area contributed by atoms with Crippen molar-refractivity contribution in [3.05, 3.63) is 70.2 Å². The highest BCUT2D eigenvalue weighted by Gasteiger charge is 2.23. The molecule has 2 heterocycles. The summed E-state index contributed by atoms with van der Waals surface area (Å²) in [4.78, 5) is 29.5. The van der Waals surface area contributed by atoms with Gasteiger partial charge in [0.05, 0.1) is 13.2 Å². The molecule has 0 saturated carbocycles. The predicted octanol–water partition coefficient (Wildman–Crippen LogP) is 2.72. The van der Waals surface area contributed by atoms with Crippen LogP contribution in [-0.4, -0.2) is 48.7 Å². The number of aromatic nitrogens is 1. The summed E-state index contributed by atoms with van der Waals surface area (Å²) in [5.41, 5.74) is 0.989. The Bertz CT molecular complexity index is 839. The van der Waals surface area contributed by atoms with Gasteiger partial charge in [-0.15, -0.1) is 0 Å². The van der Waals surface area contributed by atoms with Gasteiger partial charge in [0.2, 0.25) is 5.43 Å². The number of rotatable bonds is 7. The number of carbonyl (C=O) groups excluding carboxylic acids is 1. The summed E-state index contributed by atoms with van der Waals surface area (Å²) < 4.78 is 10.6. The predicted molar refractivity (Wildman–Crippen MR) is 104 cm³/mol. The summed E-state index contributed by atoms with van der Waals surface area (Å²) in [6.07, 6.45) is 7.32. The third kappa shape index (κ3) is 5.08. The second kappa shape index (κ2) is 9.19. The molecule has 1 fully saturated rings.